The Morgan fingerprint density at radius 2 is 1.54 bits per heavy atom. The van der Waals surface area contributed by atoms with E-state index >= 15 is 0 Å². The van der Waals surface area contributed by atoms with Gasteiger partial charge in [0.2, 0.25) is 5.88 Å². The van der Waals surface area contributed by atoms with E-state index in [9.17, 15) is 8.42 Å². The molecule has 0 fully saturated rings. The predicted molar refractivity (Wildman–Crippen MR) is 109 cm³/mol. The van der Waals surface area contributed by atoms with E-state index in [1.165, 1.54) is 12.1 Å². The number of fused-ring (bicyclic) bond motifs is 1. The maximum atomic E-state index is 12.8. The van der Waals surface area contributed by atoms with Gasteiger partial charge >= 0.3 is 10.1 Å². The van der Waals surface area contributed by atoms with E-state index in [1.807, 2.05) is 50.2 Å². The molecule has 1 heterocycles. The van der Waals surface area contributed by atoms with Crippen molar-refractivity contribution in [3.8, 4) is 17.3 Å². The Morgan fingerprint density at radius 1 is 0.786 bits per heavy atom. The summed E-state index contributed by atoms with van der Waals surface area (Å²) < 4.78 is 31.0. The van der Waals surface area contributed by atoms with Crippen LogP contribution in [-0.4, -0.2) is 18.4 Å². The highest BCUT2D eigenvalue weighted by Gasteiger charge is 2.20. The summed E-state index contributed by atoms with van der Waals surface area (Å²) >= 11 is 0. The van der Waals surface area contributed by atoms with Gasteiger partial charge in [-0.1, -0.05) is 53.6 Å². The van der Waals surface area contributed by atoms with Gasteiger partial charge in [0.05, 0.1) is 10.9 Å². The van der Waals surface area contributed by atoms with Gasteiger partial charge in [-0.25, -0.2) is 4.98 Å². The standard InChI is InChI=1S/C22H18N2O3S/c1-15-10-12-18(13-11-15)28(25,26)27-22-19-8-3-4-9-20(19)23-21(24-22)17-7-5-6-16(2)14-17/h3-14H,1-2H3. The Kier molecular flexibility index (Phi) is 4.57. The molecule has 0 unspecified atom stereocenters. The lowest BCUT2D eigenvalue weighted by Crippen LogP contribution is -2.11. The number of nitrogens with zero attached hydrogens (tertiary/aromatic N) is 2. The minimum Gasteiger partial charge on any atom is -0.357 e. The smallest absolute Gasteiger partial charge is 0.340 e. The van der Waals surface area contributed by atoms with E-state index in [0.29, 0.717) is 16.7 Å². The van der Waals surface area contributed by atoms with Crippen LogP contribution in [0.3, 0.4) is 0 Å². The van der Waals surface area contributed by atoms with Crippen LogP contribution in [0.15, 0.2) is 77.7 Å². The van der Waals surface area contributed by atoms with Gasteiger partial charge in [0.1, 0.15) is 4.90 Å². The van der Waals surface area contributed by atoms with E-state index in [4.69, 9.17) is 4.18 Å². The first-order valence-electron chi connectivity index (χ1n) is 8.77. The lowest BCUT2D eigenvalue weighted by molar-refractivity contribution is 0.479. The summed E-state index contributed by atoms with van der Waals surface area (Å²) in [4.78, 5) is 9.09. The summed E-state index contributed by atoms with van der Waals surface area (Å²) in [6, 6.07) is 21.4. The van der Waals surface area contributed by atoms with Crippen LogP contribution in [0.25, 0.3) is 22.3 Å². The molecule has 28 heavy (non-hydrogen) atoms. The van der Waals surface area contributed by atoms with E-state index in [0.717, 1.165) is 16.7 Å². The van der Waals surface area contributed by atoms with E-state index in [-0.39, 0.29) is 10.8 Å². The molecule has 4 rings (SSSR count). The molecule has 0 aliphatic carbocycles. The van der Waals surface area contributed by atoms with Gasteiger partial charge in [-0.15, -0.1) is 0 Å². The third-order valence-electron chi connectivity index (χ3n) is 4.34. The van der Waals surface area contributed by atoms with Gasteiger partial charge in [-0.05, 0) is 44.2 Å². The number of para-hydroxylation sites is 1. The lowest BCUT2D eigenvalue weighted by atomic mass is 10.1. The molecule has 3 aromatic carbocycles. The van der Waals surface area contributed by atoms with Crippen LogP contribution in [0, 0.1) is 13.8 Å². The van der Waals surface area contributed by atoms with Crippen molar-refractivity contribution in [1.29, 1.82) is 0 Å². The maximum absolute atomic E-state index is 12.8. The zero-order valence-corrected chi connectivity index (χ0v) is 16.3. The molecule has 6 heteroatoms. The molecule has 0 atom stereocenters. The number of aromatic nitrogens is 2. The largest absolute Gasteiger partial charge is 0.357 e. The van der Waals surface area contributed by atoms with Gasteiger partial charge < -0.3 is 4.18 Å². The highest BCUT2D eigenvalue weighted by Crippen LogP contribution is 2.29. The van der Waals surface area contributed by atoms with Gasteiger partial charge in [-0.2, -0.15) is 13.4 Å². The predicted octanol–water partition coefficient (Wildman–Crippen LogP) is 4.68. The Bertz CT molecular complexity index is 1270. The minimum absolute atomic E-state index is 0.0164. The second kappa shape index (κ2) is 7.05. The zero-order valence-electron chi connectivity index (χ0n) is 15.5. The molecule has 140 valence electrons. The summed E-state index contributed by atoms with van der Waals surface area (Å²) in [6.07, 6.45) is 0. The normalized spacial score (nSPS) is 11.5. The van der Waals surface area contributed by atoms with Crippen molar-refractivity contribution in [2.24, 2.45) is 0 Å². The number of hydrogen-bond acceptors (Lipinski definition) is 5. The summed E-state index contributed by atoms with van der Waals surface area (Å²) in [6.45, 7) is 3.87. The second-order valence-corrected chi connectivity index (χ2v) is 8.14. The molecule has 0 amide bonds. The minimum atomic E-state index is -4.02. The summed E-state index contributed by atoms with van der Waals surface area (Å²) in [7, 11) is -4.02. The molecule has 0 aliphatic rings. The fraction of sp³-hybridized carbons (Fsp3) is 0.0909. The highest BCUT2D eigenvalue weighted by molar-refractivity contribution is 7.87. The molecule has 5 nitrogen and oxygen atoms in total. The van der Waals surface area contributed by atoms with Crippen LogP contribution >= 0.6 is 0 Å². The van der Waals surface area contributed by atoms with Gasteiger partial charge in [0.25, 0.3) is 0 Å². The first-order valence-corrected chi connectivity index (χ1v) is 10.2. The quantitative estimate of drug-likeness (QED) is 0.473. The molecule has 0 aliphatic heterocycles. The first kappa shape index (κ1) is 18.1. The Labute approximate surface area is 163 Å². The van der Waals surface area contributed by atoms with Crippen LogP contribution in [0.4, 0.5) is 0 Å². The Hall–Kier alpha value is -3.25. The van der Waals surface area contributed by atoms with Crippen molar-refractivity contribution in [2.75, 3.05) is 0 Å². The van der Waals surface area contributed by atoms with Crippen molar-refractivity contribution in [3.63, 3.8) is 0 Å². The summed E-state index contributed by atoms with van der Waals surface area (Å²) in [5.41, 5.74) is 3.43. The fourth-order valence-electron chi connectivity index (χ4n) is 2.88. The van der Waals surface area contributed by atoms with Gasteiger partial charge in [0.15, 0.2) is 5.82 Å². The van der Waals surface area contributed by atoms with Crippen molar-refractivity contribution < 1.29 is 12.6 Å². The molecule has 0 saturated carbocycles. The van der Waals surface area contributed by atoms with Gasteiger partial charge in [-0.3, -0.25) is 0 Å². The average Bonchev–Trinajstić information content (AvgIpc) is 2.68. The number of aryl methyl sites for hydroxylation is 2. The van der Waals surface area contributed by atoms with Crippen LogP contribution in [0.1, 0.15) is 11.1 Å². The molecule has 0 spiro atoms. The Morgan fingerprint density at radius 3 is 2.29 bits per heavy atom. The van der Waals surface area contributed by atoms with Crippen LogP contribution in [-0.2, 0) is 10.1 Å². The van der Waals surface area contributed by atoms with Gasteiger partial charge in [0, 0.05) is 5.56 Å². The van der Waals surface area contributed by atoms with Crippen molar-refractivity contribution in [3.05, 3.63) is 83.9 Å². The molecule has 0 N–H and O–H groups in total. The van der Waals surface area contributed by atoms with E-state index in [2.05, 4.69) is 9.97 Å². The molecular weight excluding hydrogens is 372 g/mol. The summed E-state index contributed by atoms with van der Waals surface area (Å²) in [5.74, 6) is 0.430. The third kappa shape index (κ3) is 3.59. The maximum Gasteiger partial charge on any atom is 0.340 e. The third-order valence-corrected chi connectivity index (χ3v) is 5.57. The van der Waals surface area contributed by atoms with Crippen molar-refractivity contribution >= 4 is 21.0 Å². The number of hydrogen-bond donors (Lipinski definition) is 0. The number of rotatable bonds is 4. The van der Waals surface area contributed by atoms with Crippen LogP contribution in [0.2, 0.25) is 0 Å². The second-order valence-electron chi connectivity index (χ2n) is 6.59. The Balaban J connectivity index is 1.85. The monoisotopic (exact) mass is 390 g/mol. The molecule has 0 radical (unpaired) electrons. The summed E-state index contributed by atoms with van der Waals surface area (Å²) in [5, 5.41) is 0.537. The fourth-order valence-corrected chi connectivity index (χ4v) is 3.78. The highest BCUT2D eigenvalue weighted by atomic mass is 32.2. The molecule has 4 aromatic rings. The molecule has 0 bridgehead atoms. The SMILES string of the molecule is Cc1ccc(S(=O)(=O)Oc2nc(-c3cccc(C)c3)nc3ccccc23)cc1. The molecule has 1 aromatic heterocycles. The topological polar surface area (TPSA) is 69.2 Å². The van der Waals surface area contributed by atoms with Crippen molar-refractivity contribution in [2.45, 2.75) is 18.7 Å². The van der Waals surface area contributed by atoms with Crippen molar-refractivity contribution in [1.82, 2.24) is 9.97 Å². The van der Waals surface area contributed by atoms with E-state index < -0.39 is 10.1 Å². The lowest BCUT2D eigenvalue weighted by Gasteiger charge is -2.11. The zero-order chi connectivity index (χ0) is 19.7. The van der Waals surface area contributed by atoms with Crippen LogP contribution < -0.4 is 4.18 Å². The van der Waals surface area contributed by atoms with Crippen LogP contribution in [0.5, 0.6) is 5.88 Å². The molecular formula is C22H18N2O3S. The average molecular weight is 390 g/mol. The first-order chi connectivity index (χ1) is 13.4. The number of benzene rings is 3. The van der Waals surface area contributed by atoms with E-state index in [1.54, 1.807) is 24.3 Å². The molecule has 0 saturated heterocycles.